The van der Waals surface area contributed by atoms with E-state index in [-0.39, 0.29) is 17.2 Å². The number of amides is 1. The second-order valence-corrected chi connectivity index (χ2v) is 6.06. The number of benzene rings is 1. The van der Waals surface area contributed by atoms with Crippen LogP contribution in [-0.4, -0.2) is 17.1 Å². The number of pyridine rings is 1. The van der Waals surface area contributed by atoms with Crippen molar-refractivity contribution in [2.24, 2.45) is 0 Å². The van der Waals surface area contributed by atoms with Gasteiger partial charge in [0.15, 0.2) is 5.75 Å². The fourth-order valence-corrected chi connectivity index (χ4v) is 2.67. The summed E-state index contributed by atoms with van der Waals surface area (Å²) in [5.41, 5.74) is 2.62. The maximum absolute atomic E-state index is 12.7. The van der Waals surface area contributed by atoms with E-state index in [0.29, 0.717) is 6.61 Å². The van der Waals surface area contributed by atoms with Gasteiger partial charge in [-0.1, -0.05) is 32.0 Å². The molecule has 2 rings (SSSR count). The number of carbonyl (C=O) groups is 1. The lowest BCUT2D eigenvalue weighted by Gasteiger charge is -2.18. The summed E-state index contributed by atoms with van der Waals surface area (Å²) in [7, 11) is 0. The zero-order chi connectivity index (χ0) is 18.4. The Morgan fingerprint density at radius 3 is 2.68 bits per heavy atom. The lowest BCUT2D eigenvalue weighted by Crippen LogP contribution is -2.32. The van der Waals surface area contributed by atoms with Gasteiger partial charge < -0.3 is 14.6 Å². The van der Waals surface area contributed by atoms with Crippen LogP contribution in [0.1, 0.15) is 44.4 Å². The first kappa shape index (κ1) is 18.8. The second-order valence-electron chi connectivity index (χ2n) is 6.06. The maximum Gasteiger partial charge on any atom is 0.293 e. The van der Waals surface area contributed by atoms with E-state index in [9.17, 15) is 9.59 Å². The molecule has 0 aliphatic rings. The smallest absolute Gasteiger partial charge is 0.293 e. The molecule has 1 unspecified atom stereocenters. The summed E-state index contributed by atoms with van der Waals surface area (Å²) in [5, 5.41) is 2.98. The van der Waals surface area contributed by atoms with Crippen molar-refractivity contribution in [1.29, 1.82) is 0 Å². The van der Waals surface area contributed by atoms with E-state index in [1.165, 1.54) is 4.57 Å². The Morgan fingerprint density at radius 1 is 1.24 bits per heavy atom. The van der Waals surface area contributed by atoms with Gasteiger partial charge in [-0.2, -0.15) is 0 Å². The molecular weight excluding hydrogens is 316 g/mol. The van der Waals surface area contributed by atoms with Crippen LogP contribution in [0.15, 0.2) is 41.3 Å². The highest BCUT2D eigenvalue weighted by atomic mass is 16.5. The van der Waals surface area contributed by atoms with Gasteiger partial charge in [0.1, 0.15) is 6.04 Å². The average molecular weight is 342 g/mol. The van der Waals surface area contributed by atoms with Crippen LogP contribution < -0.4 is 15.6 Å². The number of aryl methyl sites for hydroxylation is 2. The van der Waals surface area contributed by atoms with Crippen LogP contribution >= 0.6 is 0 Å². The van der Waals surface area contributed by atoms with Gasteiger partial charge in [-0.3, -0.25) is 9.59 Å². The van der Waals surface area contributed by atoms with Crippen molar-refractivity contribution >= 4 is 11.6 Å². The van der Waals surface area contributed by atoms with Crippen LogP contribution in [0.25, 0.3) is 0 Å². The first-order valence-corrected chi connectivity index (χ1v) is 8.72. The van der Waals surface area contributed by atoms with E-state index in [4.69, 9.17) is 4.74 Å². The molecule has 1 aromatic heterocycles. The fraction of sp³-hybridized carbons (Fsp3) is 0.400. The minimum Gasteiger partial charge on any atom is -0.488 e. The first-order chi connectivity index (χ1) is 12.0. The van der Waals surface area contributed by atoms with Crippen LogP contribution in [0.2, 0.25) is 0 Å². The number of carbonyl (C=O) groups excluding carboxylic acids is 1. The Kier molecular flexibility index (Phi) is 6.39. The maximum atomic E-state index is 12.7. The lowest BCUT2D eigenvalue weighted by molar-refractivity contribution is -0.118. The molecule has 0 fully saturated rings. The van der Waals surface area contributed by atoms with Gasteiger partial charge >= 0.3 is 0 Å². The Balaban J connectivity index is 2.25. The number of aromatic nitrogens is 1. The quantitative estimate of drug-likeness (QED) is 0.834. The molecule has 0 aliphatic heterocycles. The van der Waals surface area contributed by atoms with Crippen LogP contribution in [0.4, 0.5) is 5.69 Å². The Labute approximate surface area is 148 Å². The normalized spacial score (nSPS) is 11.8. The standard InChI is InChI=1S/C20H26N2O3/c1-5-13-25-17-11-8-12-22(20(17)24)15(4)19(23)21-18-14(3)9-7-10-16(18)6-2/h7-12,15H,5-6,13H2,1-4H3,(H,21,23). The molecular formula is C20H26N2O3. The lowest BCUT2D eigenvalue weighted by atomic mass is 10.1. The number of nitrogens with zero attached hydrogens (tertiary/aromatic N) is 1. The van der Waals surface area contributed by atoms with Gasteiger partial charge in [0.2, 0.25) is 5.91 Å². The molecule has 2 aromatic rings. The topological polar surface area (TPSA) is 60.3 Å². The zero-order valence-corrected chi connectivity index (χ0v) is 15.3. The second kappa shape index (κ2) is 8.51. The molecule has 0 saturated heterocycles. The van der Waals surface area contributed by atoms with Gasteiger partial charge in [-0.15, -0.1) is 0 Å². The molecule has 1 amide bonds. The van der Waals surface area contributed by atoms with E-state index in [1.54, 1.807) is 25.3 Å². The summed E-state index contributed by atoms with van der Waals surface area (Å²) < 4.78 is 6.87. The predicted octanol–water partition coefficient (Wildman–Crippen LogP) is 3.71. The third-order valence-corrected chi connectivity index (χ3v) is 4.19. The molecule has 134 valence electrons. The van der Waals surface area contributed by atoms with E-state index < -0.39 is 6.04 Å². The van der Waals surface area contributed by atoms with E-state index in [2.05, 4.69) is 5.32 Å². The molecule has 0 aliphatic carbocycles. The molecule has 0 radical (unpaired) electrons. The summed E-state index contributed by atoms with van der Waals surface area (Å²) in [6, 6.07) is 8.66. The molecule has 1 atom stereocenters. The van der Waals surface area contributed by atoms with Crippen molar-refractivity contribution in [2.75, 3.05) is 11.9 Å². The summed E-state index contributed by atoms with van der Waals surface area (Å²) in [6.07, 6.45) is 3.26. The highest BCUT2D eigenvalue weighted by Gasteiger charge is 2.19. The van der Waals surface area contributed by atoms with Crippen molar-refractivity contribution in [2.45, 2.75) is 46.6 Å². The minimum atomic E-state index is -0.637. The van der Waals surface area contributed by atoms with Gasteiger partial charge in [-0.05, 0) is 49.9 Å². The molecule has 1 N–H and O–H groups in total. The Hall–Kier alpha value is -2.56. The molecule has 5 nitrogen and oxygen atoms in total. The summed E-state index contributed by atoms with van der Waals surface area (Å²) in [6.45, 7) is 8.18. The number of nitrogens with one attached hydrogen (secondary N) is 1. The molecule has 1 aromatic carbocycles. The fourth-order valence-electron chi connectivity index (χ4n) is 2.67. The summed E-state index contributed by atoms with van der Waals surface area (Å²) in [4.78, 5) is 25.2. The van der Waals surface area contributed by atoms with Gasteiger partial charge in [-0.25, -0.2) is 0 Å². The molecule has 1 heterocycles. The average Bonchev–Trinajstić information content (AvgIpc) is 2.61. The van der Waals surface area contributed by atoms with Crippen LogP contribution in [0.3, 0.4) is 0 Å². The Morgan fingerprint density at radius 2 is 2.00 bits per heavy atom. The predicted molar refractivity (Wildman–Crippen MR) is 100 cm³/mol. The highest BCUT2D eigenvalue weighted by molar-refractivity contribution is 5.95. The van der Waals surface area contributed by atoms with Crippen LogP contribution in [0.5, 0.6) is 5.75 Å². The van der Waals surface area contributed by atoms with Crippen molar-refractivity contribution in [3.05, 3.63) is 58.0 Å². The minimum absolute atomic E-state index is 0.223. The van der Waals surface area contributed by atoms with Gasteiger partial charge in [0.05, 0.1) is 6.61 Å². The molecule has 0 bridgehead atoms. The van der Waals surface area contributed by atoms with Gasteiger partial charge in [0.25, 0.3) is 5.56 Å². The summed E-state index contributed by atoms with van der Waals surface area (Å²) >= 11 is 0. The van der Waals surface area contributed by atoms with Crippen molar-refractivity contribution in [1.82, 2.24) is 4.57 Å². The molecule has 5 heteroatoms. The Bertz CT molecular complexity index is 796. The first-order valence-electron chi connectivity index (χ1n) is 8.72. The number of rotatable bonds is 7. The molecule has 25 heavy (non-hydrogen) atoms. The third kappa shape index (κ3) is 4.29. The van der Waals surface area contributed by atoms with Crippen molar-refractivity contribution in [3.8, 4) is 5.75 Å². The summed E-state index contributed by atoms with van der Waals surface area (Å²) in [5.74, 6) is 0.0490. The van der Waals surface area contributed by atoms with Crippen molar-refractivity contribution < 1.29 is 9.53 Å². The number of hydrogen-bond donors (Lipinski definition) is 1. The van der Waals surface area contributed by atoms with Crippen molar-refractivity contribution in [3.63, 3.8) is 0 Å². The third-order valence-electron chi connectivity index (χ3n) is 4.19. The number of anilines is 1. The van der Waals surface area contributed by atoms with E-state index >= 15 is 0 Å². The van der Waals surface area contributed by atoms with E-state index in [1.807, 2.05) is 39.0 Å². The van der Waals surface area contributed by atoms with E-state index in [0.717, 1.165) is 29.7 Å². The number of para-hydroxylation sites is 1. The van der Waals surface area contributed by atoms with Gasteiger partial charge in [0, 0.05) is 11.9 Å². The largest absolute Gasteiger partial charge is 0.488 e. The zero-order valence-electron chi connectivity index (χ0n) is 15.3. The van der Waals surface area contributed by atoms with Crippen LogP contribution in [-0.2, 0) is 11.2 Å². The number of hydrogen-bond acceptors (Lipinski definition) is 3. The SMILES string of the molecule is CCCOc1cccn(C(C)C(=O)Nc2c(C)cccc2CC)c1=O. The molecule has 0 saturated carbocycles. The monoisotopic (exact) mass is 342 g/mol. The van der Waals surface area contributed by atoms with Crippen LogP contribution in [0, 0.1) is 6.92 Å². The number of ether oxygens (including phenoxy) is 1. The molecule has 0 spiro atoms. The highest BCUT2D eigenvalue weighted by Crippen LogP contribution is 2.22.